The number of rotatable bonds is 7. The summed E-state index contributed by atoms with van der Waals surface area (Å²) in [6.07, 6.45) is 0.636. The van der Waals surface area contributed by atoms with Crippen molar-refractivity contribution in [1.29, 1.82) is 0 Å². The number of nitrogens with one attached hydrogen (secondary N) is 1. The number of hydrogen-bond donors (Lipinski definition) is 1. The average molecular weight is 458 g/mol. The van der Waals surface area contributed by atoms with Gasteiger partial charge >= 0.3 is 5.97 Å². The van der Waals surface area contributed by atoms with Crippen molar-refractivity contribution in [1.82, 2.24) is 9.97 Å². The fourth-order valence-electron chi connectivity index (χ4n) is 3.36. The highest BCUT2D eigenvalue weighted by molar-refractivity contribution is 8.00. The fourth-order valence-corrected chi connectivity index (χ4v) is 5.24. The monoisotopic (exact) mass is 457 g/mol. The van der Waals surface area contributed by atoms with Gasteiger partial charge in [0.15, 0.2) is 5.13 Å². The van der Waals surface area contributed by atoms with Crippen LogP contribution in [0.3, 0.4) is 0 Å². The Morgan fingerprint density at radius 2 is 1.84 bits per heavy atom. The van der Waals surface area contributed by atoms with Crippen LogP contribution in [0, 0.1) is 27.7 Å². The first-order valence-corrected chi connectivity index (χ1v) is 11.9. The number of nitrogens with zero attached hydrogens (tertiary/aromatic N) is 2. The van der Waals surface area contributed by atoms with Crippen LogP contribution in [0.2, 0.25) is 0 Å². The lowest BCUT2D eigenvalue weighted by atomic mass is 10.0. The van der Waals surface area contributed by atoms with Gasteiger partial charge in [0.1, 0.15) is 4.88 Å². The van der Waals surface area contributed by atoms with Crippen LogP contribution >= 0.6 is 23.1 Å². The number of carbonyl (C=O) groups is 2. The van der Waals surface area contributed by atoms with E-state index in [1.54, 1.807) is 13.8 Å². The molecule has 1 atom stereocenters. The predicted molar refractivity (Wildman–Crippen MR) is 127 cm³/mol. The van der Waals surface area contributed by atoms with Crippen molar-refractivity contribution in [2.75, 3.05) is 11.9 Å². The second-order valence-corrected chi connectivity index (χ2v) is 9.64. The van der Waals surface area contributed by atoms with E-state index in [0.717, 1.165) is 38.4 Å². The van der Waals surface area contributed by atoms with Crippen LogP contribution < -0.4 is 5.32 Å². The summed E-state index contributed by atoms with van der Waals surface area (Å²) in [5.74, 6) is -0.572. The van der Waals surface area contributed by atoms with Crippen molar-refractivity contribution < 1.29 is 14.3 Å². The van der Waals surface area contributed by atoms with Crippen molar-refractivity contribution >= 4 is 51.0 Å². The lowest BCUT2D eigenvalue weighted by molar-refractivity contribution is -0.115. The van der Waals surface area contributed by atoms with E-state index in [9.17, 15) is 9.59 Å². The van der Waals surface area contributed by atoms with Gasteiger partial charge in [-0.05, 0) is 64.3 Å². The molecule has 0 fully saturated rings. The molecule has 1 amide bonds. The molecule has 0 spiro atoms. The van der Waals surface area contributed by atoms with Gasteiger partial charge in [0, 0.05) is 5.39 Å². The number of anilines is 1. The van der Waals surface area contributed by atoms with E-state index in [0.29, 0.717) is 28.7 Å². The Morgan fingerprint density at radius 1 is 1.10 bits per heavy atom. The number of aromatic nitrogens is 2. The Hall–Kier alpha value is -2.45. The first-order valence-electron chi connectivity index (χ1n) is 10.2. The number of aryl methyl sites for hydroxylation is 4. The molecule has 0 saturated carbocycles. The normalized spacial score (nSPS) is 12.1. The summed E-state index contributed by atoms with van der Waals surface area (Å²) >= 11 is 2.58. The quantitative estimate of drug-likeness (QED) is 0.367. The van der Waals surface area contributed by atoms with Gasteiger partial charge in [-0.3, -0.25) is 4.79 Å². The molecule has 3 rings (SSSR count). The molecule has 2 heterocycles. The van der Waals surface area contributed by atoms with E-state index in [1.807, 2.05) is 13.0 Å². The topological polar surface area (TPSA) is 81.2 Å². The number of carbonyl (C=O) groups excluding carboxylic acids is 2. The summed E-state index contributed by atoms with van der Waals surface area (Å²) in [6.45, 7) is 12.0. The van der Waals surface area contributed by atoms with Gasteiger partial charge in [-0.15, -0.1) is 0 Å². The number of thiazole rings is 1. The molecule has 1 aromatic carbocycles. The summed E-state index contributed by atoms with van der Waals surface area (Å²) in [4.78, 5) is 34.5. The maximum Gasteiger partial charge on any atom is 0.350 e. The number of benzene rings is 1. The van der Waals surface area contributed by atoms with E-state index >= 15 is 0 Å². The highest BCUT2D eigenvalue weighted by atomic mass is 32.2. The minimum atomic E-state index is -0.416. The van der Waals surface area contributed by atoms with Crippen molar-refractivity contribution in [3.05, 3.63) is 45.5 Å². The van der Waals surface area contributed by atoms with Gasteiger partial charge in [-0.2, -0.15) is 0 Å². The molecule has 0 aliphatic heterocycles. The molecule has 8 heteroatoms. The Balaban J connectivity index is 1.79. The smallest absolute Gasteiger partial charge is 0.350 e. The van der Waals surface area contributed by atoms with Crippen molar-refractivity contribution in [3.8, 4) is 0 Å². The number of pyridine rings is 1. The minimum absolute atomic E-state index is 0.156. The summed E-state index contributed by atoms with van der Waals surface area (Å²) in [7, 11) is 0. The zero-order valence-corrected chi connectivity index (χ0v) is 20.3. The van der Waals surface area contributed by atoms with Crippen LogP contribution in [-0.2, 0) is 9.53 Å². The maximum atomic E-state index is 12.9. The first-order chi connectivity index (χ1) is 14.7. The van der Waals surface area contributed by atoms with E-state index in [-0.39, 0.29) is 11.2 Å². The second-order valence-electron chi connectivity index (χ2n) is 7.41. The molecule has 0 aliphatic rings. The molecule has 0 aliphatic carbocycles. The fraction of sp³-hybridized carbons (Fsp3) is 0.391. The van der Waals surface area contributed by atoms with Crippen molar-refractivity contribution in [2.24, 2.45) is 0 Å². The van der Waals surface area contributed by atoms with Gasteiger partial charge in [0.2, 0.25) is 5.91 Å². The largest absolute Gasteiger partial charge is 0.462 e. The van der Waals surface area contributed by atoms with Crippen molar-refractivity contribution in [2.45, 2.75) is 58.2 Å². The number of fused-ring (bicyclic) bond motifs is 1. The number of hydrogen-bond acceptors (Lipinski definition) is 7. The maximum absolute atomic E-state index is 12.9. The van der Waals surface area contributed by atoms with E-state index in [1.165, 1.54) is 17.3 Å². The number of thioether (sulfide) groups is 1. The molecule has 164 valence electrons. The third-order valence-corrected chi connectivity index (χ3v) is 7.18. The average Bonchev–Trinajstić information content (AvgIpc) is 3.07. The molecule has 2 aromatic heterocycles. The van der Waals surface area contributed by atoms with Gasteiger partial charge in [0.25, 0.3) is 0 Å². The first kappa shape index (κ1) is 23.2. The molecule has 1 N–H and O–H groups in total. The molecular weight excluding hydrogens is 430 g/mol. The lowest BCUT2D eigenvalue weighted by Crippen LogP contribution is -2.24. The SMILES string of the molecule is CCOC(=O)c1sc(NC(=O)C(CC)Sc2cc(C)c3cc(C)cc(C)c3n2)nc1C. The predicted octanol–water partition coefficient (Wildman–Crippen LogP) is 5.61. The molecule has 0 bridgehead atoms. The number of ether oxygens (including phenoxy) is 1. The van der Waals surface area contributed by atoms with Gasteiger partial charge in [0.05, 0.1) is 28.1 Å². The zero-order chi connectivity index (χ0) is 22.7. The summed E-state index contributed by atoms with van der Waals surface area (Å²) in [5, 5.41) is 4.89. The highest BCUT2D eigenvalue weighted by Crippen LogP contribution is 2.31. The molecule has 31 heavy (non-hydrogen) atoms. The van der Waals surface area contributed by atoms with Gasteiger partial charge in [-0.1, -0.05) is 41.7 Å². The Kier molecular flexibility index (Phi) is 7.33. The summed E-state index contributed by atoms with van der Waals surface area (Å²) in [6, 6.07) is 6.31. The molecule has 0 radical (unpaired) electrons. The lowest BCUT2D eigenvalue weighted by Gasteiger charge is -2.15. The number of esters is 1. The molecule has 6 nitrogen and oxygen atoms in total. The minimum Gasteiger partial charge on any atom is -0.462 e. The standard InChI is InChI=1S/C23H27N3O3S2/c1-7-17(21(27)26-23-24-15(6)20(31-23)22(28)29-8-2)30-18-11-13(4)16-10-12(3)9-14(5)19(16)25-18/h9-11,17H,7-8H2,1-6H3,(H,24,26,27). The molecular formula is C23H27N3O3S2. The molecule has 1 unspecified atom stereocenters. The zero-order valence-electron chi connectivity index (χ0n) is 18.7. The van der Waals surface area contributed by atoms with Crippen LogP contribution in [0.5, 0.6) is 0 Å². The summed E-state index contributed by atoms with van der Waals surface area (Å²) in [5.41, 5.74) is 5.00. The van der Waals surface area contributed by atoms with Crippen LogP contribution in [0.15, 0.2) is 23.2 Å². The number of amides is 1. The summed E-state index contributed by atoms with van der Waals surface area (Å²) < 4.78 is 5.04. The van der Waals surface area contributed by atoms with Crippen LogP contribution in [0.4, 0.5) is 5.13 Å². The van der Waals surface area contributed by atoms with Gasteiger partial charge < -0.3 is 10.1 Å². The Labute approximate surface area is 190 Å². The van der Waals surface area contributed by atoms with E-state index in [2.05, 4.69) is 43.2 Å². The molecule has 0 saturated heterocycles. The third kappa shape index (κ3) is 5.25. The van der Waals surface area contributed by atoms with Crippen LogP contribution in [0.1, 0.15) is 52.3 Å². The second kappa shape index (κ2) is 9.78. The Morgan fingerprint density at radius 3 is 2.52 bits per heavy atom. The molecule has 3 aromatic rings. The van der Waals surface area contributed by atoms with E-state index < -0.39 is 5.97 Å². The van der Waals surface area contributed by atoms with Gasteiger partial charge in [-0.25, -0.2) is 14.8 Å². The third-order valence-electron chi connectivity index (χ3n) is 4.85. The van der Waals surface area contributed by atoms with E-state index in [4.69, 9.17) is 9.72 Å². The van der Waals surface area contributed by atoms with Crippen molar-refractivity contribution in [3.63, 3.8) is 0 Å². The van der Waals surface area contributed by atoms with Crippen LogP contribution in [-0.4, -0.2) is 33.7 Å². The highest BCUT2D eigenvalue weighted by Gasteiger charge is 2.23. The Bertz CT molecular complexity index is 1140. The van der Waals surface area contributed by atoms with Crippen LogP contribution in [0.25, 0.3) is 10.9 Å².